The largest absolute Gasteiger partial charge is 0.356 e. The molecule has 1 aromatic rings. The van der Waals surface area contributed by atoms with E-state index >= 15 is 0 Å². The number of hydrogen-bond donors (Lipinski definition) is 2. The predicted octanol–water partition coefficient (Wildman–Crippen LogP) is 0.832. The Morgan fingerprint density at radius 3 is 2.92 bits per heavy atom. The molecule has 0 spiro atoms. The van der Waals surface area contributed by atoms with Crippen molar-refractivity contribution in [3.63, 3.8) is 0 Å². The van der Waals surface area contributed by atoms with Crippen molar-refractivity contribution in [3.8, 4) is 0 Å². The van der Waals surface area contributed by atoms with E-state index in [1.54, 1.807) is 6.20 Å². The van der Waals surface area contributed by atoms with Crippen molar-refractivity contribution in [1.82, 2.24) is 14.9 Å². The second kappa shape index (κ2) is 5.59. The summed E-state index contributed by atoms with van der Waals surface area (Å²) in [5, 5.41) is 6.54. The van der Waals surface area contributed by atoms with Crippen LogP contribution in [0.5, 0.6) is 0 Å². The van der Waals surface area contributed by atoms with E-state index in [0.717, 1.165) is 32.0 Å². The summed E-state index contributed by atoms with van der Waals surface area (Å²) < 4.78 is 1.98. The minimum Gasteiger partial charge on any atom is -0.356 e. The van der Waals surface area contributed by atoms with Crippen molar-refractivity contribution in [1.29, 1.82) is 0 Å². The average molecular weight is 182 g/mol. The molecule has 0 atom stereocenters. The number of imidazole rings is 1. The van der Waals surface area contributed by atoms with Crippen molar-refractivity contribution in [3.05, 3.63) is 12.4 Å². The van der Waals surface area contributed by atoms with E-state index in [1.165, 1.54) is 0 Å². The fraction of sp³-hybridized carbons (Fsp3) is 0.667. The molecule has 0 bridgehead atoms. The highest BCUT2D eigenvalue weighted by Crippen LogP contribution is 1.99. The molecule has 2 N–H and O–H groups in total. The monoisotopic (exact) mass is 182 g/mol. The lowest BCUT2D eigenvalue weighted by Crippen LogP contribution is -2.17. The molecule has 0 aromatic carbocycles. The van der Waals surface area contributed by atoms with Crippen LogP contribution in [0.15, 0.2) is 12.4 Å². The first-order valence-electron chi connectivity index (χ1n) is 4.76. The fourth-order valence-electron chi connectivity index (χ4n) is 1.13. The van der Waals surface area contributed by atoms with Gasteiger partial charge in [-0.05, 0) is 19.5 Å². The number of nitrogens with one attached hydrogen (secondary N) is 2. The molecule has 0 aliphatic carbocycles. The van der Waals surface area contributed by atoms with Gasteiger partial charge in [0.2, 0.25) is 5.95 Å². The van der Waals surface area contributed by atoms with Gasteiger partial charge in [-0.3, -0.25) is 0 Å². The maximum absolute atomic E-state index is 4.17. The number of aromatic nitrogens is 2. The van der Waals surface area contributed by atoms with Gasteiger partial charge < -0.3 is 15.2 Å². The van der Waals surface area contributed by atoms with E-state index in [4.69, 9.17) is 0 Å². The summed E-state index contributed by atoms with van der Waals surface area (Å²) in [6, 6.07) is 0. The lowest BCUT2D eigenvalue weighted by molar-refractivity contribution is 0.685. The van der Waals surface area contributed by atoms with Gasteiger partial charge in [0.15, 0.2) is 0 Å². The normalized spacial score (nSPS) is 10.3. The highest BCUT2D eigenvalue weighted by atomic mass is 15.2. The number of aryl methyl sites for hydroxylation is 1. The van der Waals surface area contributed by atoms with Crippen LogP contribution in [0, 0.1) is 0 Å². The molecule has 0 amide bonds. The number of rotatable bonds is 6. The quantitative estimate of drug-likeness (QED) is 0.640. The summed E-state index contributed by atoms with van der Waals surface area (Å²) >= 11 is 0. The standard InChI is InChI=1S/C9H18N4/c1-3-10-5-4-6-11-9-12-7-8-13(9)2/h7-8,10H,3-6H2,1-2H3,(H,11,12). The van der Waals surface area contributed by atoms with Gasteiger partial charge in [0, 0.05) is 26.0 Å². The summed E-state index contributed by atoms with van der Waals surface area (Å²) in [4.78, 5) is 4.17. The van der Waals surface area contributed by atoms with Crippen molar-refractivity contribution in [2.24, 2.45) is 7.05 Å². The molecular weight excluding hydrogens is 164 g/mol. The summed E-state index contributed by atoms with van der Waals surface area (Å²) in [5.74, 6) is 0.941. The van der Waals surface area contributed by atoms with Crippen LogP contribution < -0.4 is 10.6 Å². The molecule has 1 aromatic heterocycles. The van der Waals surface area contributed by atoms with Gasteiger partial charge in [0.1, 0.15) is 0 Å². The molecular formula is C9H18N4. The third kappa shape index (κ3) is 3.46. The van der Waals surface area contributed by atoms with Gasteiger partial charge in [0.05, 0.1) is 0 Å². The molecule has 74 valence electrons. The topological polar surface area (TPSA) is 41.9 Å². The van der Waals surface area contributed by atoms with Gasteiger partial charge in [0.25, 0.3) is 0 Å². The molecule has 4 heteroatoms. The average Bonchev–Trinajstić information content (AvgIpc) is 2.52. The Morgan fingerprint density at radius 2 is 2.31 bits per heavy atom. The van der Waals surface area contributed by atoms with Gasteiger partial charge in [-0.1, -0.05) is 6.92 Å². The first-order chi connectivity index (χ1) is 6.34. The molecule has 0 saturated heterocycles. The summed E-state index contributed by atoms with van der Waals surface area (Å²) in [7, 11) is 1.99. The molecule has 0 fully saturated rings. The van der Waals surface area contributed by atoms with Crippen molar-refractivity contribution < 1.29 is 0 Å². The zero-order valence-corrected chi connectivity index (χ0v) is 8.38. The Labute approximate surface area is 79.4 Å². The second-order valence-corrected chi connectivity index (χ2v) is 3.00. The highest BCUT2D eigenvalue weighted by molar-refractivity contribution is 5.24. The van der Waals surface area contributed by atoms with E-state index in [0.29, 0.717) is 0 Å². The first-order valence-corrected chi connectivity index (χ1v) is 4.76. The Morgan fingerprint density at radius 1 is 1.46 bits per heavy atom. The van der Waals surface area contributed by atoms with E-state index < -0.39 is 0 Å². The first kappa shape index (κ1) is 10.1. The fourth-order valence-corrected chi connectivity index (χ4v) is 1.13. The van der Waals surface area contributed by atoms with Crippen LogP contribution in [0.3, 0.4) is 0 Å². The van der Waals surface area contributed by atoms with Gasteiger partial charge in [-0.25, -0.2) is 4.98 Å². The zero-order valence-electron chi connectivity index (χ0n) is 8.38. The van der Waals surface area contributed by atoms with Crippen LogP contribution in [0.4, 0.5) is 5.95 Å². The zero-order chi connectivity index (χ0) is 9.52. The molecule has 4 nitrogen and oxygen atoms in total. The molecule has 1 heterocycles. The molecule has 0 aliphatic heterocycles. The van der Waals surface area contributed by atoms with Crippen molar-refractivity contribution >= 4 is 5.95 Å². The summed E-state index contributed by atoms with van der Waals surface area (Å²) in [6.45, 7) is 5.19. The van der Waals surface area contributed by atoms with Crippen molar-refractivity contribution in [2.45, 2.75) is 13.3 Å². The van der Waals surface area contributed by atoms with E-state index in [9.17, 15) is 0 Å². The lowest BCUT2D eigenvalue weighted by Gasteiger charge is -2.05. The maximum atomic E-state index is 4.17. The Balaban J connectivity index is 2.10. The number of anilines is 1. The highest BCUT2D eigenvalue weighted by Gasteiger charge is 1.95. The van der Waals surface area contributed by atoms with Gasteiger partial charge >= 0.3 is 0 Å². The second-order valence-electron chi connectivity index (χ2n) is 3.00. The lowest BCUT2D eigenvalue weighted by atomic mass is 10.4. The van der Waals surface area contributed by atoms with Crippen LogP contribution in [0.25, 0.3) is 0 Å². The Bertz CT molecular complexity index is 231. The van der Waals surface area contributed by atoms with Crippen LogP contribution >= 0.6 is 0 Å². The predicted molar refractivity (Wildman–Crippen MR) is 54.9 cm³/mol. The third-order valence-electron chi connectivity index (χ3n) is 1.88. The third-order valence-corrected chi connectivity index (χ3v) is 1.88. The molecule has 1 rings (SSSR count). The smallest absolute Gasteiger partial charge is 0.202 e. The summed E-state index contributed by atoms with van der Waals surface area (Å²) in [5.41, 5.74) is 0. The Hall–Kier alpha value is -1.03. The maximum Gasteiger partial charge on any atom is 0.202 e. The van der Waals surface area contributed by atoms with Crippen LogP contribution in [0.1, 0.15) is 13.3 Å². The molecule has 0 saturated carbocycles. The van der Waals surface area contributed by atoms with Gasteiger partial charge in [-0.15, -0.1) is 0 Å². The molecule has 0 radical (unpaired) electrons. The van der Waals surface area contributed by atoms with Crippen LogP contribution in [-0.4, -0.2) is 29.2 Å². The van der Waals surface area contributed by atoms with E-state index in [2.05, 4.69) is 22.5 Å². The molecule has 0 unspecified atom stereocenters. The summed E-state index contributed by atoms with van der Waals surface area (Å²) in [6.07, 6.45) is 4.86. The van der Waals surface area contributed by atoms with Crippen molar-refractivity contribution in [2.75, 3.05) is 25.0 Å². The Kier molecular flexibility index (Phi) is 4.32. The SMILES string of the molecule is CCNCCCNc1nccn1C. The molecule has 13 heavy (non-hydrogen) atoms. The van der Waals surface area contributed by atoms with Gasteiger partial charge in [-0.2, -0.15) is 0 Å². The molecule has 0 aliphatic rings. The van der Waals surface area contributed by atoms with Crippen LogP contribution in [-0.2, 0) is 7.05 Å². The number of hydrogen-bond acceptors (Lipinski definition) is 3. The number of nitrogens with zero attached hydrogens (tertiary/aromatic N) is 2. The van der Waals surface area contributed by atoms with Crippen LogP contribution in [0.2, 0.25) is 0 Å². The van der Waals surface area contributed by atoms with E-state index in [1.807, 2.05) is 17.8 Å². The van der Waals surface area contributed by atoms with E-state index in [-0.39, 0.29) is 0 Å². The minimum atomic E-state index is 0.941. The minimum absolute atomic E-state index is 0.941.